The van der Waals surface area contributed by atoms with E-state index in [9.17, 15) is 0 Å². The zero-order chi connectivity index (χ0) is 15.4. The van der Waals surface area contributed by atoms with Gasteiger partial charge in [-0.1, -0.05) is 42.3 Å². The minimum atomic E-state index is 0.287. The predicted octanol–water partition coefficient (Wildman–Crippen LogP) is 5.04. The Morgan fingerprint density at radius 3 is 2.52 bits per heavy atom. The van der Waals surface area contributed by atoms with Crippen molar-refractivity contribution < 1.29 is 0 Å². The van der Waals surface area contributed by atoms with Crippen LogP contribution in [0.15, 0.2) is 18.2 Å². The lowest BCUT2D eigenvalue weighted by atomic mass is 9.89. The molecule has 0 bridgehead atoms. The van der Waals surface area contributed by atoms with E-state index in [0.29, 0.717) is 22.1 Å². The van der Waals surface area contributed by atoms with Crippen molar-refractivity contribution in [1.29, 1.82) is 0 Å². The van der Waals surface area contributed by atoms with Gasteiger partial charge in [0.1, 0.15) is 0 Å². The third kappa shape index (κ3) is 4.13. The lowest BCUT2D eigenvalue weighted by molar-refractivity contribution is 0.107. The highest BCUT2D eigenvalue weighted by Crippen LogP contribution is 2.35. The summed E-state index contributed by atoms with van der Waals surface area (Å²) >= 11 is 12.6. The third-order valence-corrected chi connectivity index (χ3v) is 5.45. The van der Waals surface area contributed by atoms with Crippen molar-refractivity contribution in [3.63, 3.8) is 0 Å². The van der Waals surface area contributed by atoms with Crippen LogP contribution in [-0.2, 0) is 0 Å². The van der Waals surface area contributed by atoms with Gasteiger partial charge in [0.2, 0.25) is 0 Å². The number of nitrogens with zero attached hydrogens (tertiary/aromatic N) is 1. The Bertz CT molecular complexity index is 456. The normalized spacial score (nSPS) is 24.3. The van der Waals surface area contributed by atoms with Crippen LogP contribution in [0.25, 0.3) is 0 Å². The molecule has 1 saturated carbocycles. The molecule has 1 aromatic rings. The van der Waals surface area contributed by atoms with Crippen LogP contribution in [0.2, 0.25) is 10.0 Å². The van der Waals surface area contributed by atoms with Crippen molar-refractivity contribution in [2.75, 3.05) is 6.54 Å². The van der Waals surface area contributed by atoms with Gasteiger partial charge in [0.15, 0.2) is 0 Å². The number of hydrogen-bond donors (Lipinski definition) is 1. The summed E-state index contributed by atoms with van der Waals surface area (Å²) in [6.45, 7) is 5.56. The maximum Gasteiger partial charge on any atom is 0.0640 e. The molecular formula is C17H26Cl2N2. The molecule has 2 nitrogen and oxygen atoms in total. The van der Waals surface area contributed by atoms with Crippen LogP contribution in [0.1, 0.15) is 57.6 Å². The molecule has 0 amide bonds. The molecule has 0 spiro atoms. The molecule has 1 aromatic carbocycles. The summed E-state index contributed by atoms with van der Waals surface area (Å²) in [5.41, 5.74) is 7.18. The van der Waals surface area contributed by atoms with E-state index >= 15 is 0 Å². The minimum absolute atomic E-state index is 0.287. The molecule has 1 atom stereocenters. The van der Waals surface area contributed by atoms with E-state index in [-0.39, 0.29) is 6.04 Å². The Labute approximate surface area is 138 Å². The average Bonchev–Trinajstić information content (AvgIpc) is 2.48. The second-order valence-electron chi connectivity index (χ2n) is 6.13. The topological polar surface area (TPSA) is 29.3 Å². The van der Waals surface area contributed by atoms with E-state index in [1.54, 1.807) is 0 Å². The van der Waals surface area contributed by atoms with Crippen molar-refractivity contribution >= 4 is 23.2 Å². The van der Waals surface area contributed by atoms with E-state index in [0.717, 1.165) is 31.4 Å². The van der Waals surface area contributed by atoms with Gasteiger partial charge in [-0.15, -0.1) is 0 Å². The van der Waals surface area contributed by atoms with E-state index < -0.39 is 0 Å². The predicted molar refractivity (Wildman–Crippen MR) is 92.1 cm³/mol. The van der Waals surface area contributed by atoms with Gasteiger partial charge in [-0.25, -0.2) is 0 Å². The molecule has 4 heteroatoms. The second kappa shape index (κ2) is 7.82. The first-order chi connectivity index (χ1) is 10.0. The van der Waals surface area contributed by atoms with Crippen molar-refractivity contribution in [2.24, 2.45) is 5.73 Å². The van der Waals surface area contributed by atoms with Gasteiger partial charge in [-0.05, 0) is 57.2 Å². The molecule has 21 heavy (non-hydrogen) atoms. The highest BCUT2D eigenvalue weighted by molar-refractivity contribution is 6.42. The molecule has 1 aliphatic carbocycles. The molecule has 0 aromatic heterocycles. The van der Waals surface area contributed by atoms with Crippen LogP contribution < -0.4 is 5.73 Å². The summed E-state index contributed by atoms with van der Waals surface area (Å²) < 4.78 is 0. The van der Waals surface area contributed by atoms with Gasteiger partial charge in [-0.2, -0.15) is 0 Å². The third-order valence-electron chi connectivity index (χ3n) is 4.62. The summed E-state index contributed by atoms with van der Waals surface area (Å²) in [5.74, 6) is 0. The van der Waals surface area contributed by atoms with Crippen LogP contribution in [0.5, 0.6) is 0 Å². The monoisotopic (exact) mass is 328 g/mol. The van der Waals surface area contributed by atoms with Gasteiger partial charge in [0, 0.05) is 18.1 Å². The SMILES string of the molecule is CCCN(C1CCC(N)CC1)C(C)c1cccc(Cl)c1Cl. The summed E-state index contributed by atoms with van der Waals surface area (Å²) in [6.07, 6.45) is 5.76. The Morgan fingerprint density at radius 2 is 1.90 bits per heavy atom. The van der Waals surface area contributed by atoms with Crippen molar-refractivity contribution in [2.45, 2.75) is 64.1 Å². The van der Waals surface area contributed by atoms with Gasteiger partial charge < -0.3 is 5.73 Å². The molecule has 1 unspecified atom stereocenters. The van der Waals surface area contributed by atoms with Crippen LogP contribution in [0, 0.1) is 0 Å². The maximum atomic E-state index is 6.42. The first-order valence-corrected chi connectivity index (χ1v) is 8.75. The second-order valence-corrected chi connectivity index (χ2v) is 6.91. The fourth-order valence-corrected chi connectivity index (χ4v) is 3.87. The largest absolute Gasteiger partial charge is 0.328 e. The number of benzene rings is 1. The Morgan fingerprint density at radius 1 is 1.24 bits per heavy atom. The van der Waals surface area contributed by atoms with Gasteiger partial charge >= 0.3 is 0 Å². The Balaban J connectivity index is 2.18. The quantitative estimate of drug-likeness (QED) is 0.820. The van der Waals surface area contributed by atoms with Gasteiger partial charge in [0.25, 0.3) is 0 Å². The molecule has 0 saturated heterocycles. The summed E-state index contributed by atoms with van der Waals surface area (Å²) in [4.78, 5) is 2.59. The highest BCUT2D eigenvalue weighted by Gasteiger charge is 2.28. The summed E-state index contributed by atoms with van der Waals surface area (Å²) in [7, 11) is 0. The Kier molecular flexibility index (Phi) is 6.36. The van der Waals surface area contributed by atoms with Crippen LogP contribution >= 0.6 is 23.2 Å². The number of nitrogens with two attached hydrogens (primary N) is 1. The first kappa shape index (κ1) is 17.1. The van der Waals surface area contributed by atoms with Crippen LogP contribution in [-0.4, -0.2) is 23.5 Å². The lowest BCUT2D eigenvalue weighted by Crippen LogP contribution is -2.42. The van der Waals surface area contributed by atoms with E-state index in [1.807, 2.05) is 12.1 Å². The molecule has 1 fully saturated rings. The highest BCUT2D eigenvalue weighted by atomic mass is 35.5. The zero-order valence-corrected chi connectivity index (χ0v) is 14.5. The van der Waals surface area contributed by atoms with E-state index in [4.69, 9.17) is 28.9 Å². The smallest absolute Gasteiger partial charge is 0.0640 e. The number of hydrogen-bond acceptors (Lipinski definition) is 2. The molecule has 0 aliphatic heterocycles. The van der Waals surface area contributed by atoms with Crippen LogP contribution in [0.3, 0.4) is 0 Å². The summed E-state index contributed by atoms with van der Waals surface area (Å²) in [5, 5.41) is 1.34. The molecule has 0 radical (unpaired) electrons. The van der Waals surface area contributed by atoms with Crippen molar-refractivity contribution in [1.82, 2.24) is 4.90 Å². The molecule has 2 rings (SSSR count). The molecule has 1 aliphatic rings. The maximum absolute atomic E-state index is 6.42. The van der Waals surface area contributed by atoms with Crippen molar-refractivity contribution in [3.05, 3.63) is 33.8 Å². The number of halogens is 2. The van der Waals surface area contributed by atoms with Crippen molar-refractivity contribution in [3.8, 4) is 0 Å². The fourth-order valence-electron chi connectivity index (χ4n) is 3.41. The number of rotatable bonds is 5. The molecule has 118 valence electrons. The van der Waals surface area contributed by atoms with Gasteiger partial charge in [-0.3, -0.25) is 4.90 Å². The zero-order valence-electron chi connectivity index (χ0n) is 13.0. The lowest BCUT2D eigenvalue weighted by Gasteiger charge is -2.40. The van der Waals surface area contributed by atoms with E-state index in [1.165, 1.54) is 12.8 Å². The molecule has 0 heterocycles. The Hall–Kier alpha value is -0.280. The molecule has 2 N–H and O–H groups in total. The van der Waals surface area contributed by atoms with E-state index in [2.05, 4.69) is 24.8 Å². The van der Waals surface area contributed by atoms with Crippen LogP contribution in [0.4, 0.5) is 0 Å². The fraction of sp³-hybridized carbons (Fsp3) is 0.647. The average molecular weight is 329 g/mol. The standard InChI is InChI=1S/C17H26Cl2N2/c1-3-11-21(14-9-7-13(20)8-10-14)12(2)15-5-4-6-16(18)17(15)19/h4-6,12-14H,3,7-11,20H2,1-2H3. The van der Waals surface area contributed by atoms with Gasteiger partial charge in [0.05, 0.1) is 10.0 Å². The first-order valence-electron chi connectivity index (χ1n) is 7.99. The summed E-state index contributed by atoms with van der Waals surface area (Å²) in [6, 6.07) is 7.21. The minimum Gasteiger partial charge on any atom is -0.328 e. The molecular weight excluding hydrogens is 303 g/mol.